The summed E-state index contributed by atoms with van der Waals surface area (Å²) in [6.07, 6.45) is 0.470. The fourth-order valence-electron chi connectivity index (χ4n) is 2.50. The van der Waals surface area contributed by atoms with E-state index in [-0.39, 0.29) is 16.3 Å². The molecule has 0 bridgehead atoms. The van der Waals surface area contributed by atoms with Crippen molar-refractivity contribution < 1.29 is 13.9 Å². The van der Waals surface area contributed by atoms with Gasteiger partial charge in [0.25, 0.3) is 0 Å². The van der Waals surface area contributed by atoms with Crippen LogP contribution in [0.25, 0.3) is 0 Å². The van der Waals surface area contributed by atoms with Gasteiger partial charge in [-0.2, -0.15) is 0 Å². The average molecular weight is 352 g/mol. The van der Waals surface area contributed by atoms with E-state index in [0.717, 1.165) is 0 Å². The van der Waals surface area contributed by atoms with Crippen molar-refractivity contribution in [2.24, 2.45) is 5.41 Å². The van der Waals surface area contributed by atoms with Crippen LogP contribution in [-0.2, 0) is 4.74 Å². The predicted molar refractivity (Wildman–Crippen MR) is 83.1 cm³/mol. The molecule has 0 aromatic rings. The highest BCUT2D eigenvalue weighted by atomic mass is 79.9. The van der Waals surface area contributed by atoms with Crippen LogP contribution in [0.2, 0.25) is 0 Å². The molecule has 1 rings (SSSR count). The van der Waals surface area contributed by atoms with Crippen molar-refractivity contribution in [3.05, 3.63) is 0 Å². The molecule has 1 heterocycles. The lowest BCUT2D eigenvalue weighted by Gasteiger charge is -2.43. The van der Waals surface area contributed by atoms with Crippen LogP contribution < -0.4 is 0 Å². The van der Waals surface area contributed by atoms with Gasteiger partial charge in [-0.1, -0.05) is 36.7 Å². The van der Waals surface area contributed by atoms with Crippen molar-refractivity contribution in [3.63, 3.8) is 0 Å². The van der Waals surface area contributed by atoms with Crippen LogP contribution in [0.3, 0.4) is 0 Å². The van der Waals surface area contributed by atoms with Crippen LogP contribution in [0.1, 0.15) is 54.4 Å². The molecule has 1 aliphatic rings. The minimum atomic E-state index is -1.27. The minimum Gasteiger partial charge on any atom is -0.444 e. The smallest absolute Gasteiger partial charge is 0.410 e. The average Bonchev–Trinajstić information content (AvgIpc) is 2.17. The zero-order valence-corrected chi connectivity index (χ0v) is 15.0. The van der Waals surface area contributed by atoms with E-state index in [0.29, 0.717) is 25.9 Å². The molecule has 0 radical (unpaired) electrons. The number of carbonyl (C=O) groups is 1. The highest BCUT2D eigenvalue weighted by Gasteiger charge is 2.46. The summed E-state index contributed by atoms with van der Waals surface area (Å²) in [5.74, 6) is 0. The molecule has 2 atom stereocenters. The molecule has 0 aromatic carbocycles. The molecule has 0 saturated carbocycles. The summed E-state index contributed by atoms with van der Waals surface area (Å²) < 4.78 is 20.3. The van der Waals surface area contributed by atoms with E-state index in [1.165, 1.54) is 0 Å². The zero-order chi connectivity index (χ0) is 15.8. The van der Waals surface area contributed by atoms with Crippen molar-refractivity contribution in [2.45, 2.75) is 70.5 Å². The Hall–Kier alpha value is -0.320. The van der Waals surface area contributed by atoms with Gasteiger partial charge in [0.05, 0.1) is 4.83 Å². The maximum atomic E-state index is 15.0. The monoisotopic (exact) mass is 351 g/mol. The molecule has 0 spiro atoms. The van der Waals surface area contributed by atoms with Gasteiger partial charge < -0.3 is 9.64 Å². The van der Waals surface area contributed by atoms with E-state index in [9.17, 15) is 4.79 Å². The minimum absolute atomic E-state index is 0.0745. The second-order valence-corrected chi connectivity index (χ2v) is 9.02. The third-order valence-electron chi connectivity index (χ3n) is 3.22. The highest BCUT2D eigenvalue weighted by Crippen LogP contribution is 2.41. The Morgan fingerprint density at radius 2 is 1.90 bits per heavy atom. The fraction of sp³-hybridized carbons (Fsp3) is 0.933. The number of rotatable bonds is 1. The van der Waals surface area contributed by atoms with E-state index < -0.39 is 11.3 Å². The molecule has 1 aliphatic heterocycles. The molecule has 20 heavy (non-hydrogen) atoms. The molecular formula is C15H27BrFNO2. The summed E-state index contributed by atoms with van der Waals surface area (Å²) in [6, 6.07) is 0. The lowest BCUT2D eigenvalue weighted by Crippen LogP contribution is -2.54. The number of hydrogen-bond donors (Lipinski definition) is 0. The van der Waals surface area contributed by atoms with Crippen molar-refractivity contribution >= 4 is 22.0 Å². The summed E-state index contributed by atoms with van der Waals surface area (Å²) in [5, 5.41) is 0. The van der Waals surface area contributed by atoms with Gasteiger partial charge in [0.1, 0.15) is 11.3 Å². The van der Waals surface area contributed by atoms with Gasteiger partial charge in [0.2, 0.25) is 0 Å². The van der Waals surface area contributed by atoms with Crippen LogP contribution >= 0.6 is 15.9 Å². The maximum Gasteiger partial charge on any atom is 0.410 e. The lowest BCUT2D eigenvalue weighted by molar-refractivity contribution is -0.00235. The molecule has 1 fully saturated rings. The first-order chi connectivity index (χ1) is 8.82. The van der Waals surface area contributed by atoms with Crippen LogP contribution in [0.5, 0.6) is 0 Å². The topological polar surface area (TPSA) is 29.5 Å². The number of ether oxygens (including phenoxy) is 1. The van der Waals surface area contributed by atoms with E-state index >= 15 is 4.39 Å². The van der Waals surface area contributed by atoms with Crippen LogP contribution in [0.4, 0.5) is 9.18 Å². The summed E-state index contributed by atoms with van der Waals surface area (Å²) in [7, 11) is 0. The number of amides is 1. The Bertz CT molecular complexity index is 362. The standard InChI is InChI=1S/C15H27BrFNO2/c1-13(2,3)10-15(17)7-8-18(9-11(15)16)12(19)20-14(4,5)6/h11H,7-10H2,1-6H3. The first-order valence-corrected chi connectivity index (χ1v) is 8.05. The number of hydrogen-bond acceptors (Lipinski definition) is 2. The number of likely N-dealkylation sites (tertiary alicyclic amines) is 1. The maximum absolute atomic E-state index is 15.0. The summed E-state index contributed by atoms with van der Waals surface area (Å²) in [5.41, 5.74) is -1.86. The molecule has 118 valence electrons. The van der Waals surface area contributed by atoms with Crippen LogP contribution in [-0.4, -0.2) is 40.2 Å². The van der Waals surface area contributed by atoms with Gasteiger partial charge in [-0.25, -0.2) is 9.18 Å². The summed E-state index contributed by atoms with van der Waals surface area (Å²) in [6.45, 7) is 12.4. The normalized spacial score (nSPS) is 28.4. The summed E-state index contributed by atoms with van der Waals surface area (Å²) >= 11 is 3.43. The van der Waals surface area contributed by atoms with Crippen molar-refractivity contribution in [2.75, 3.05) is 13.1 Å². The van der Waals surface area contributed by atoms with E-state index in [1.54, 1.807) is 4.90 Å². The van der Waals surface area contributed by atoms with Crippen LogP contribution in [0.15, 0.2) is 0 Å². The van der Waals surface area contributed by atoms with Gasteiger partial charge in [-0.15, -0.1) is 0 Å². The number of alkyl halides is 2. The van der Waals surface area contributed by atoms with E-state index in [2.05, 4.69) is 15.9 Å². The van der Waals surface area contributed by atoms with Gasteiger partial charge in [-0.3, -0.25) is 0 Å². The first-order valence-electron chi connectivity index (χ1n) is 7.13. The molecule has 2 unspecified atom stereocenters. The Balaban J connectivity index is 2.66. The third kappa shape index (κ3) is 5.23. The number of halogens is 2. The first kappa shape index (κ1) is 17.7. The molecule has 3 nitrogen and oxygen atoms in total. The second-order valence-electron chi connectivity index (χ2n) is 7.92. The molecule has 0 N–H and O–H groups in total. The van der Waals surface area contributed by atoms with E-state index in [1.807, 2.05) is 41.5 Å². The largest absolute Gasteiger partial charge is 0.444 e. The summed E-state index contributed by atoms with van der Waals surface area (Å²) in [4.78, 5) is 13.3. The van der Waals surface area contributed by atoms with Gasteiger partial charge in [0.15, 0.2) is 0 Å². The van der Waals surface area contributed by atoms with Crippen LogP contribution in [0, 0.1) is 5.41 Å². The SMILES string of the molecule is CC(C)(C)CC1(F)CCN(C(=O)OC(C)(C)C)CC1Br. The van der Waals surface area contributed by atoms with Crippen molar-refractivity contribution in [1.29, 1.82) is 0 Å². The van der Waals surface area contributed by atoms with Crippen molar-refractivity contribution in [3.8, 4) is 0 Å². The van der Waals surface area contributed by atoms with Gasteiger partial charge in [-0.05, 0) is 32.6 Å². The highest BCUT2D eigenvalue weighted by molar-refractivity contribution is 9.09. The molecular weight excluding hydrogens is 325 g/mol. The van der Waals surface area contributed by atoms with Gasteiger partial charge in [0, 0.05) is 19.5 Å². The molecule has 1 saturated heterocycles. The number of carbonyl (C=O) groups excluding carboxylic acids is 1. The number of nitrogens with zero attached hydrogens (tertiary/aromatic N) is 1. The van der Waals surface area contributed by atoms with Gasteiger partial charge >= 0.3 is 6.09 Å². The predicted octanol–water partition coefficient (Wildman–Crippen LogP) is 4.54. The van der Waals surface area contributed by atoms with E-state index in [4.69, 9.17) is 4.74 Å². The fourth-order valence-corrected chi connectivity index (χ4v) is 3.24. The Morgan fingerprint density at radius 1 is 1.35 bits per heavy atom. The van der Waals surface area contributed by atoms with Crippen molar-refractivity contribution in [1.82, 2.24) is 4.90 Å². The Labute approximate surface area is 130 Å². The quantitative estimate of drug-likeness (QED) is 0.649. The lowest BCUT2D eigenvalue weighted by atomic mass is 9.78. The molecule has 1 amide bonds. The Kier molecular flexibility index (Phi) is 5.16. The number of piperidine rings is 1. The molecule has 5 heteroatoms. The molecule has 0 aromatic heterocycles. The zero-order valence-electron chi connectivity index (χ0n) is 13.4. The third-order valence-corrected chi connectivity index (χ3v) is 4.33. The molecule has 0 aliphatic carbocycles. The second kappa shape index (κ2) is 5.82. The Morgan fingerprint density at radius 3 is 2.30 bits per heavy atom.